The summed E-state index contributed by atoms with van der Waals surface area (Å²) in [6.45, 7) is 2.09. The lowest BCUT2D eigenvalue weighted by Gasteiger charge is -2.13. The largest absolute Gasteiger partial charge is 0.478 e. The standard InChI is InChI=1S/C11H8Br4O4/c1-2-3-19-11(18)5-4(10(16)17)6(12)8(14)9(15)7(5)13/h2-3H2,1H3,(H,16,17). The molecule has 0 radical (unpaired) electrons. The van der Waals surface area contributed by atoms with Gasteiger partial charge in [-0.15, -0.1) is 0 Å². The van der Waals surface area contributed by atoms with Gasteiger partial charge in [0, 0.05) is 17.9 Å². The van der Waals surface area contributed by atoms with Gasteiger partial charge in [0.25, 0.3) is 0 Å². The van der Waals surface area contributed by atoms with Crippen molar-refractivity contribution in [1.29, 1.82) is 0 Å². The van der Waals surface area contributed by atoms with E-state index in [0.29, 0.717) is 19.8 Å². The molecule has 1 rings (SSSR count). The lowest BCUT2D eigenvalue weighted by Crippen LogP contribution is -2.14. The van der Waals surface area contributed by atoms with E-state index in [1.165, 1.54) is 0 Å². The van der Waals surface area contributed by atoms with Crippen LogP contribution in [0, 0.1) is 0 Å². The summed E-state index contributed by atoms with van der Waals surface area (Å²) in [5, 5.41) is 9.27. The monoisotopic (exact) mass is 520 g/mol. The smallest absolute Gasteiger partial charge is 0.340 e. The molecule has 0 fully saturated rings. The quantitative estimate of drug-likeness (QED) is 0.343. The average molecular weight is 524 g/mol. The summed E-state index contributed by atoms with van der Waals surface area (Å²) in [6.07, 6.45) is 0.657. The second-order valence-corrected chi connectivity index (χ2v) is 6.62. The highest BCUT2D eigenvalue weighted by Gasteiger charge is 2.28. The molecule has 8 heteroatoms. The Morgan fingerprint density at radius 2 is 1.47 bits per heavy atom. The molecule has 0 saturated carbocycles. The molecule has 19 heavy (non-hydrogen) atoms. The summed E-state index contributed by atoms with van der Waals surface area (Å²) in [5.74, 6) is -1.90. The summed E-state index contributed by atoms with van der Waals surface area (Å²) in [4.78, 5) is 23.3. The van der Waals surface area contributed by atoms with E-state index in [0.717, 1.165) is 0 Å². The number of carbonyl (C=O) groups excluding carboxylic acids is 1. The number of aromatic carboxylic acids is 1. The van der Waals surface area contributed by atoms with Gasteiger partial charge in [0.1, 0.15) is 0 Å². The van der Waals surface area contributed by atoms with Crippen molar-refractivity contribution < 1.29 is 19.4 Å². The molecule has 1 aromatic rings. The molecule has 0 unspecified atom stereocenters. The molecule has 1 N–H and O–H groups in total. The van der Waals surface area contributed by atoms with Crippen molar-refractivity contribution in [3.05, 3.63) is 29.0 Å². The normalized spacial score (nSPS) is 10.4. The highest BCUT2D eigenvalue weighted by molar-refractivity contribution is 9.15. The van der Waals surface area contributed by atoms with Crippen LogP contribution in [0.4, 0.5) is 0 Å². The maximum atomic E-state index is 12.0. The van der Waals surface area contributed by atoms with Crippen molar-refractivity contribution in [3.63, 3.8) is 0 Å². The highest BCUT2D eigenvalue weighted by atomic mass is 79.9. The molecule has 0 aliphatic rings. The van der Waals surface area contributed by atoms with Crippen LogP contribution in [0.5, 0.6) is 0 Å². The molecular weight excluding hydrogens is 516 g/mol. The summed E-state index contributed by atoms with van der Waals surface area (Å²) in [5.41, 5.74) is -0.175. The van der Waals surface area contributed by atoms with Crippen molar-refractivity contribution in [1.82, 2.24) is 0 Å². The second kappa shape index (κ2) is 7.19. The minimum Gasteiger partial charge on any atom is -0.478 e. The van der Waals surface area contributed by atoms with Crippen molar-refractivity contribution in [2.45, 2.75) is 13.3 Å². The number of rotatable bonds is 4. The Bertz CT molecular complexity index is 542. The second-order valence-electron chi connectivity index (χ2n) is 3.45. The first-order valence-electron chi connectivity index (χ1n) is 5.09. The van der Waals surface area contributed by atoms with Gasteiger partial charge in [-0.25, -0.2) is 9.59 Å². The van der Waals surface area contributed by atoms with Crippen molar-refractivity contribution in [2.75, 3.05) is 6.61 Å². The van der Waals surface area contributed by atoms with Crippen LogP contribution in [0.15, 0.2) is 17.9 Å². The van der Waals surface area contributed by atoms with Crippen LogP contribution in [0.2, 0.25) is 0 Å². The van der Waals surface area contributed by atoms with Crippen molar-refractivity contribution in [2.24, 2.45) is 0 Å². The Balaban J connectivity index is 3.52. The van der Waals surface area contributed by atoms with E-state index >= 15 is 0 Å². The van der Waals surface area contributed by atoms with Crippen LogP contribution in [0.3, 0.4) is 0 Å². The van der Waals surface area contributed by atoms with Crippen LogP contribution in [0.25, 0.3) is 0 Å². The summed E-state index contributed by atoms with van der Waals surface area (Å²) >= 11 is 12.9. The van der Waals surface area contributed by atoms with Crippen LogP contribution in [-0.4, -0.2) is 23.7 Å². The first-order chi connectivity index (χ1) is 8.82. The van der Waals surface area contributed by atoms with Gasteiger partial charge in [0.15, 0.2) is 0 Å². The van der Waals surface area contributed by atoms with E-state index in [4.69, 9.17) is 4.74 Å². The molecule has 0 aliphatic heterocycles. The van der Waals surface area contributed by atoms with Crippen LogP contribution in [-0.2, 0) is 4.74 Å². The fraction of sp³-hybridized carbons (Fsp3) is 0.273. The van der Waals surface area contributed by atoms with Crippen LogP contribution < -0.4 is 0 Å². The number of hydrogen-bond donors (Lipinski definition) is 1. The van der Waals surface area contributed by atoms with E-state index in [1.807, 2.05) is 6.92 Å². The molecule has 0 amide bonds. The van der Waals surface area contributed by atoms with Gasteiger partial charge in [-0.3, -0.25) is 0 Å². The maximum absolute atomic E-state index is 12.0. The average Bonchev–Trinajstić information content (AvgIpc) is 2.36. The molecule has 0 atom stereocenters. The molecule has 0 heterocycles. The first kappa shape index (κ1) is 17.1. The van der Waals surface area contributed by atoms with Gasteiger partial charge < -0.3 is 9.84 Å². The number of hydrogen-bond acceptors (Lipinski definition) is 3. The molecule has 1 aromatic carbocycles. The van der Waals surface area contributed by atoms with E-state index in [1.54, 1.807) is 0 Å². The number of esters is 1. The Kier molecular flexibility index (Phi) is 6.49. The first-order valence-corrected chi connectivity index (χ1v) is 8.26. The molecule has 0 spiro atoms. The van der Waals surface area contributed by atoms with E-state index in [2.05, 4.69) is 63.7 Å². The Hall–Kier alpha value is 0.0800. The van der Waals surface area contributed by atoms with Crippen molar-refractivity contribution in [3.8, 4) is 0 Å². The summed E-state index contributed by atoms with van der Waals surface area (Å²) < 4.78 is 6.66. The SMILES string of the molecule is CCCOC(=O)c1c(Br)c(Br)c(Br)c(Br)c1C(=O)O. The number of ether oxygens (including phenoxy) is 1. The third-order valence-corrected chi connectivity index (χ3v) is 6.89. The molecule has 0 aliphatic carbocycles. The van der Waals surface area contributed by atoms with E-state index < -0.39 is 11.9 Å². The third-order valence-electron chi connectivity index (χ3n) is 2.12. The fourth-order valence-electron chi connectivity index (χ4n) is 1.29. The lowest BCUT2D eigenvalue weighted by molar-refractivity contribution is 0.0493. The van der Waals surface area contributed by atoms with E-state index in [-0.39, 0.29) is 22.2 Å². The molecule has 4 nitrogen and oxygen atoms in total. The van der Waals surface area contributed by atoms with Crippen molar-refractivity contribution >= 4 is 75.7 Å². The lowest BCUT2D eigenvalue weighted by atomic mass is 10.1. The summed E-state index contributed by atoms with van der Waals surface area (Å²) in [6, 6.07) is 0. The van der Waals surface area contributed by atoms with Gasteiger partial charge in [0.2, 0.25) is 0 Å². The predicted octanol–water partition coefficient (Wildman–Crippen LogP) is 5.00. The zero-order chi connectivity index (χ0) is 14.7. The Labute approximate surface area is 143 Å². The summed E-state index contributed by atoms with van der Waals surface area (Å²) in [7, 11) is 0. The fourth-order valence-corrected chi connectivity index (χ4v) is 3.74. The molecule has 104 valence electrons. The molecule has 0 aromatic heterocycles. The highest BCUT2D eigenvalue weighted by Crippen LogP contribution is 2.42. The Morgan fingerprint density at radius 3 is 1.89 bits per heavy atom. The molecule has 0 bridgehead atoms. The topological polar surface area (TPSA) is 63.6 Å². The van der Waals surface area contributed by atoms with Gasteiger partial charge in [-0.2, -0.15) is 0 Å². The third kappa shape index (κ3) is 3.59. The number of carboxylic acid groups (broad SMARTS) is 1. The predicted molar refractivity (Wildman–Crippen MR) is 84.8 cm³/mol. The van der Waals surface area contributed by atoms with Crippen LogP contribution in [0.1, 0.15) is 34.1 Å². The number of benzene rings is 1. The van der Waals surface area contributed by atoms with Crippen LogP contribution >= 0.6 is 63.7 Å². The minimum atomic E-state index is -1.22. The number of halogens is 4. The Morgan fingerprint density at radius 1 is 1.00 bits per heavy atom. The zero-order valence-electron chi connectivity index (χ0n) is 9.60. The number of carboxylic acids is 1. The maximum Gasteiger partial charge on any atom is 0.340 e. The minimum absolute atomic E-state index is 0.0251. The zero-order valence-corrected chi connectivity index (χ0v) is 15.9. The number of carbonyl (C=O) groups is 2. The van der Waals surface area contributed by atoms with E-state index in [9.17, 15) is 14.7 Å². The van der Waals surface area contributed by atoms with Gasteiger partial charge >= 0.3 is 11.9 Å². The van der Waals surface area contributed by atoms with Gasteiger partial charge in [-0.1, -0.05) is 6.92 Å². The molecular formula is C11H8Br4O4. The van der Waals surface area contributed by atoms with Gasteiger partial charge in [-0.05, 0) is 70.1 Å². The molecule has 0 saturated heterocycles. The van der Waals surface area contributed by atoms with Gasteiger partial charge in [0.05, 0.1) is 17.7 Å².